The monoisotopic (exact) mass is 279 g/mol. The fourth-order valence-electron chi connectivity index (χ4n) is 2.03. The molecule has 3 nitrogen and oxygen atoms in total. The summed E-state index contributed by atoms with van der Waals surface area (Å²) in [6, 6.07) is 8.49. The molecule has 1 rings (SSSR count). The fraction of sp³-hybridized carbons (Fsp3) is 0.647. The van der Waals surface area contributed by atoms with Crippen molar-refractivity contribution < 1.29 is 9.47 Å². The molecule has 1 aromatic carbocycles. The summed E-state index contributed by atoms with van der Waals surface area (Å²) < 4.78 is 10.9. The second-order valence-corrected chi connectivity index (χ2v) is 6.27. The summed E-state index contributed by atoms with van der Waals surface area (Å²) in [5.74, 6) is 0. The molecule has 1 N–H and O–H groups in total. The molecule has 20 heavy (non-hydrogen) atoms. The van der Waals surface area contributed by atoms with Crippen LogP contribution in [0.3, 0.4) is 0 Å². The maximum atomic E-state index is 5.81. The second-order valence-electron chi connectivity index (χ2n) is 6.27. The maximum Gasteiger partial charge on any atom is 0.0784 e. The van der Waals surface area contributed by atoms with Gasteiger partial charge >= 0.3 is 0 Å². The minimum Gasteiger partial charge on any atom is -0.382 e. The van der Waals surface area contributed by atoms with Crippen LogP contribution in [-0.2, 0) is 22.5 Å². The summed E-state index contributed by atoms with van der Waals surface area (Å²) >= 11 is 0. The van der Waals surface area contributed by atoms with E-state index in [0.29, 0.717) is 13.2 Å². The Bertz CT molecular complexity index is 385. The van der Waals surface area contributed by atoms with Gasteiger partial charge in [0, 0.05) is 12.6 Å². The Balaban J connectivity index is 2.50. The summed E-state index contributed by atoms with van der Waals surface area (Å²) in [5, 5.41) is 3.52. The predicted molar refractivity (Wildman–Crippen MR) is 84.0 cm³/mol. The van der Waals surface area contributed by atoms with Gasteiger partial charge in [0.1, 0.15) is 0 Å². The molecule has 114 valence electrons. The summed E-state index contributed by atoms with van der Waals surface area (Å²) in [6.45, 7) is 10.9. The highest BCUT2D eigenvalue weighted by molar-refractivity contribution is 5.26. The highest BCUT2D eigenvalue weighted by Gasteiger charge is 2.09. The molecule has 0 aromatic heterocycles. The molecule has 0 amide bonds. The molecule has 0 fully saturated rings. The summed E-state index contributed by atoms with van der Waals surface area (Å²) in [4.78, 5) is 0. The van der Waals surface area contributed by atoms with Gasteiger partial charge in [0.25, 0.3) is 0 Å². The van der Waals surface area contributed by atoms with Gasteiger partial charge in [-0.05, 0) is 51.8 Å². The third-order valence-corrected chi connectivity index (χ3v) is 3.09. The number of benzene rings is 1. The Labute approximate surface area is 123 Å². The van der Waals surface area contributed by atoms with Crippen LogP contribution in [0.15, 0.2) is 24.3 Å². The summed E-state index contributed by atoms with van der Waals surface area (Å²) in [6.07, 6.45) is 1.15. The molecule has 1 aromatic rings. The summed E-state index contributed by atoms with van der Waals surface area (Å²) in [5.41, 5.74) is 2.79. The first-order valence-electron chi connectivity index (χ1n) is 7.34. The predicted octanol–water partition coefficient (Wildman–Crippen LogP) is 3.17. The quantitative estimate of drug-likeness (QED) is 0.793. The van der Waals surface area contributed by atoms with Crippen LogP contribution in [0, 0.1) is 0 Å². The number of hydrogen-bond acceptors (Lipinski definition) is 3. The van der Waals surface area contributed by atoms with Crippen LogP contribution < -0.4 is 5.32 Å². The number of hydrogen-bond donors (Lipinski definition) is 1. The molecule has 0 saturated carbocycles. The van der Waals surface area contributed by atoms with Gasteiger partial charge in [0.15, 0.2) is 0 Å². The van der Waals surface area contributed by atoms with E-state index in [1.165, 1.54) is 11.1 Å². The lowest BCUT2D eigenvalue weighted by atomic mass is 10.0. The largest absolute Gasteiger partial charge is 0.382 e. The van der Waals surface area contributed by atoms with Crippen molar-refractivity contribution in [1.29, 1.82) is 0 Å². The lowest BCUT2D eigenvalue weighted by molar-refractivity contribution is -0.000368. The molecule has 1 unspecified atom stereocenters. The van der Waals surface area contributed by atoms with Crippen LogP contribution in [0.25, 0.3) is 0 Å². The molecule has 0 aliphatic carbocycles. The highest BCUT2D eigenvalue weighted by Crippen LogP contribution is 2.12. The highest BCUT2D eigenvalue weighted by atomic mass is 16.5. The average Bonchev–Trinajstić information content (AvgIpc) is 2.36. The van der Waals surface area contributed by atoms with Crippen molar-refractivity contribution in [3.05, 3.63) is 35.4 Å². The summed E-state index contributed by atoms with van der Waals surface area (Å²) in [7, 11) is 1.70. The Morgan fingerprint density at radius 3 is 2.40 bits per heavy atom. The zero-order valence-electron chi connectivity index (χ0n) is 13.5. The number of methoxy groups -OCH3 is 1. The van der Waals surface area contributed by atoms with E-state index in [2.05, 4.69) is 50.4 Å². The van der Waals surface area contributed by atoms with E-state index in [4.69, 9.17) is 9.47 Å². The van der Waals surface area contributed by atoms with Gasteiger partial charge in [-0.1, -0.05) is 24.3 Å². The van der Waals surface area contributed by atoms with Gasteiger partial charge in [-0.3, -0.25) is 0 Å². The first kappa shape index (κ1) is 17.2. The van der Waals surface area contributed by atoms with Crippen LogP contribution in [0.4, 0.5) is 0 Å². The lowest BCUT2D eigenvalue weighted by Crippen LogP contribution is -2.37. The maximum absolute atomic E-state index is 5.81. The molecule has 0 radical (unpaired) electrons. The SMILES string of the molecule is COCC(C)OCc1ccccc1CCNC(C)(C)C. The number of rotatable bonds is 8. The Morgan fingerprint density at radius 2 is 1.80 bits per heavy atom. The molecular formula is C17H29NO2. The Hall–Kier alpha value is -0.900. The fourth-order valence-corrected chi connectivity index (χ4v) is 2.03. The van der Waals surface area contributed by atoms with Crippen molar-refractivity contribution in [2.75, 3.05) is 20.3 Å². The minimum atomic E-state index is 0.126. The standard InChI is InChI=1S/C17H29NO2/c1-14(12-19-5)20-13-16-9-7-6-8-15(16)10-11-18-17(2,3)4/h6-9,14,18H,10-13H2,1-5H3. The van der Waals surface area contributed by atoms with Gasteiger partial charge in [-0.25, -0.2) is 0 Å². The van der Waals surface area contributed by atoms with Crippen LogP contribution in [0.5, 0.6) is 0 Å². The third kappa shape index (κ3) is 7.04. The van der Waals surface area contributed by atoms with Crippen molar-refractivity contribution in [2.45, 2.75) is 52.4 Å². The van der Waals surface area contributed by atoms with E-state index >= 15 is 0 Å². The van der Waals surface area contributed by atoms with E-state index < -0.39 is 0 Å². The van der Waals surface area contributed by atoms with Gasteiger partial charge < -0.3 is 14.8 Å². The first-order chi connectivity index (χ1) is 9.42. The smallest absolute Gasteiger partial charge is 0.0784 e. The molecule has 1 atom stereocenters. The molecule has 0 aliphatic rings. The van der Waals surface area contributed by atoms with Crippen molar-refractivity contribution in [3.8, 4) is 0 Å². The first-order valence-corrected chi connectivity index (χ1v) is 7.34. The van der Waals surface area contributed by atoms with Crippen LogP contribution in [0.2, 0.25) is 0 Å². The van der Waals surface area contributed by atoms with Crippen molar-refractivity contribution >= 4 is 0 Å². The number of ether oxygens (including phenoxy) is 2. The van der Waals surface area contributed by atoms with Gasteiger partial charge in [0.05, 0.1) is 19.3 Å². The van der Waals surface area contributed by atoms with E-state index in [9.17, 15) is 0 Å². The van der Waals surface area contributed by atoms with Gasteiger partial charge in [-0.15, -0.1) is 0 Å². The Kier molecular flexibility index (Phi) is 7.20. The molecule has 0 spiro atoms. The van der Waals surface area contributed by atoms with E-state index in [1.807, 2.05) is 6.92 Å². The minimum absolute atomic E-state index is 0.126. The van der Waals surface area contributed by atoms with Gasteiger partial charge in [0.2, 0.25) is 0 Å². The molecule has 3 heteroatoms. The molecule has 0 saturated heterocycles. The molecule has 0 bridgehead atoms. The normalized spacial score (nSPS) is 13.4. The van der Waals surface area contributed by atoms with Gasteiger partial charge in [-0.2, -0.15) is 0 Å². The van der Waals surface area contributed by atoms with Crippen molar-refractivity contribution in [2.24, 2.45) is 0 Å². The van der Waals surface area contributed by atoms with E-state index in [-0.39, 0.29) is 11.6 Å². The second kappa shape index (κ2) is 8.40. The third-order valence-electron chi connectivity index (χ3n) is 3.09. The topological polar surface area (TPSA) is 30.5 Å². The van der Waals surface area contributed by atoms with Crippen molar-refractivity contribution in [1.82, 2.24) is 5.32 Å². The van der Waals surface area contributed by atoms with E-state index in [0.717, 1.165) is 13.0 Å². The Morgan fingerprint density at radius 1 is 1.15 bits per heavy atom. The van der Waals surface area contributed by atoms with Crippen molar-refractivity contribution in [3.63, 3.8) is 0 Å². The van der Waals surface area contributed by atoms with Crippen LogP contribution in [-0.4, -0.2) is 31.9 Å². The van der Waals surface area contributed by atoms with Crippen LogP contribution >= 0.6 is 0 Å². The zero-order valence-corrected chi connectivity index (χ0v) is 13.5. The average molecular weight is 279 g/mol. The van der Waals surface area contributed by atoms with E-state index in [1.54, 1.807) is 7.11 Å². The zero-order chi connectivity index (χ0) is 15.0. The molecule has 0 heterocycles. The lowest BCUT2D eigenvalue weighted by Gasteiger charge is -2.21. The number of nitrogens with one attached hydrogen (secondary N) is 1. The molecular weight excluding hydrogens is 250 g/mol. The molecule has 0 aliphatic heterocycles. The van der Waals surface area contributed by atoms with Crippen LogP contribution in [0.1, 0.15) is 38.8 Å².